The number of ether oxygens (including phenoxy) is 1. The molecule has 1 aromatic carbocycles. The van der Waals surface area contributed by atoms with E-state index in [0.29, 0.717) is 6.54 Å². The molecule has 0 aliphatic carbocycles. The monoisotopic (exact) mass is 209 g/mol. The van der Waals surface area contributed by atoms with Crippen LogP contribution >= 0.6 is 11.8 Å². The maximum absolute atomic E-state index is 10.8. The molecule has 1 aliphatic rings. The number of alkyl carbamates (subject to hydrolysis) is 1. The van der Waals surface area contributed by atoms with Crippen molar-refractivity contribution < 1.29 is 9.53 Å². The first-order chi connectivity index (χ1) is 6.79. The lowest BCUT2D eigenvalue weighted by Gasteiger charge is -2.07. The van der Waals surface area contributed by atoms with Crippen molar-refractivity contribution in [1.29, 1.82) is 0 Å². The molecule has 1 saturated heterocycles. The van der Waals surface area contributed by atoms with Crippen LogP contribution in [-0.4, -0.2) is 18.9 Å². The lowest BCUT2D eigenvalue weighted by molar-refractivity contribution is 0.141. The standard InChI is InChI=1S/C10H11NO2S/c1-14-8-4-2-7(3-5-8)9-6-11-10(12)13-9/h2-5,9H,6H2,1H3,(H,11,12). The van der Waals surface area contributed by atoms with Crippen molar-refractivity contribution in [3.63, 3.8) is 0 Å². The molecule has 1 heterocycles. The van der Waals surface area contributed by atoms with Crippen LogP contribution in [0.1, 0.15) is 11.7 Å². The Bertz CT molecular complexity index is 336. The third-order valence-corrected chi connectivity index (χ3v) is 2.91. The number of rotatable bonds is 2. The summed E-state index contributed by atoms with van der Waals surface area (Å²) in [4.78, 5) is 12.0. The van der Waals surface area contributed by atoms with Crippen molar-refractivity contribution in [3.05, 3.63) is 29.8 Å². The lowest BCUT2D eigenvalue weighted by Crippen LogP contribution is -2.12. The fraction of sp³-hybridized carbons (Fsp3) is 0.300. The molecule has 0 bridgehead atoms. The number of nitrogens with one attached hydrogen (secondary N) is 1. The summed E-state index contributed by atoms with van der Waals surface area (Å²) in [5, 5.41) is 2.63. The first-order valence-electron chi connectivity index (χ1n) is 4.38. The molecule has 1 fully saturated rings. The Morgan fingerprint density at radius 3 is 2.64 bits per heavy atom. The van der Waals surface area contributed by atoms with Gasteiger partial charge < -0.3 is 10.1 Å². The number of cyclic esters (lactones) is 1. The molecule has 1 atom stereocenters. The van der Waals surface area contributed by atoms with Crippen LogP contribution in [0.15, 0.2) is 29.2 Å². The molecule has 1 N–H and O–H groups in total. The number of hydrogen-bond donors (Lipinski definition) is 1. The third kappa shape index (κ3) is 1.85. The van der Waals surface area contributed by atoms with E-state index in [1.165, 1.54) is 4.90 Å². The van der Waals surface area contributed by atoms with Crippen LogP contribution in [0.4, 0.5) is 4.79 Å². The summed E-state index contributed by atoms with van der Waals surface area (Å²) in [6.45, 7) is 0.567. The van der Waals surface area contributed by atoms with E-state index in [1.807, 2.05) is 30.5 Å². The molecule has 3 nitrogen and oxygen atoms in total. The van der Waals surface area contributed by atoms with Crippen molar-refractivity contribution in [2.45, 2.75) is 11.0 Å². The number of benzene rings is 1. The van der Waals surface area contributed by atoms with Gasteiger partial charge in [0.25, 0.3) is 0 Å². The highest BCUT2D eigenvalue weighted by Crippen LogP contribution is 2.23. The van der Waals surface area contributed by atoms with Crippen LogP contribution in [-0.2, 0) is 4.74 Å². The molecule has 1 aromatic rings. The van der Waals surface area contributed by atoms with Crippen molar-refractivity contribution in [2.24, 2.45) is 0 Å². The molecule has 1 unspecified atom stereocenters. The Kier molecular flexibility index (Phi) is 2.63. The number of thioether (sulfide) groups is 1. The summed E-state index contributed by atoms with van der Waals surface area (Å²) in [5.41, 5.74) is 1.04. The van der Waals surface area contributed by atoms with Crippen molar-refractivity contribution in [1.82, 2.24) is 5.32 Å². The molecular weight excluding hydrogens is 198 g/mol. The molecule has 14 heavy (non-hydrogen) atoms. The molecule has 4 heteroatoms. The predicted molar refractivity (Wildman–Crippen MR) is 55.4 cm³/mol. The van der Waals surface area contributed by atoms with Gasteiger partial charge in [0.15, 0.2) is 0 Å². The van der Waals surface area contributed by atoms with Gasteiger partial charge in [0, 0.05) is 4.90 Å². The molecule has 0 aromatic heterocycles. The zero-order valence-corrected chi connectivity index (χ0v) is 8.64. The number of amides is 1. The SMILES string of the molecule is CSc1ccc(C2CNC(=O)O2)cc1. The van der Waals surface area contributed by atoms with Gasteiger partial charge in [-0.3, -0.25) is 0 Å². The Morgan fingerprint density at radius 2 is 2.14 bits per heavy atom. The predicted octanol–water partition coefficient (Wildman–Crippen LogP) is 2.19. The van der Waals surface area contributed by atoms with Crippen LogP contribution in [0.2, 0.25) is 0 Å². The maximum atomic E-state index is 10.8. The highest BCUT2D eigenvalue weighted by molar-refractivity contribution is 7.98. The summed E-state index contributed by atoms with van der Waals surface area (Å²) in [6, 6.07) is 8.06. The van der Waals surface area contributed by atoms with E-state index in [2.05, 4.69) is 5.32 Å². The molecule has 0 saturated carbocycles. The Morgan fingerprint density at radius 1 is 1.43 bits per heavy atom. The van der Waals surface area contributed by atoms with Crippen molar-refractivity contribution in [2.75, 3.05) is 12.8 Å². The average Bonchev–Trinajstić information content (AvgIpc) is 2.65. The highest BCUT2D eigenvalue weighted by atomic mass is 32.2. The number of hydrogen-bond acceptors (Lipinski definition) is 3. The summed E-state index contributed by atoms with van der Waals surface area (Å²) < 4.78 is 5.06. The Hall–Kier alpha value is -1.16. The Labute approximate surface area is 86.8 Å². The molecular formula is C10H11NO2S. The summed E-state index contributed by atoms with van der Waals surface area (Å²) >= 11 is 1.70. The normalized spacial score (nSPS) is 20.4. The highest BCUT2D eigenvalue weighted by Gasteiger charge is 2.23. The zero-order valence-electron chi connectivity index (χ0n) is 7.82. The van der Waals surface area contributed by atoms with Crippen LogP contribution in [0, 0.1) is 0 Å². The van der Waals surface area contributed by atoms with Gasteiger partial charge in [-0.25, -0.2) is 4.79 Å². The van der Waals surface area contributed by atoms with Gasteiger partial charge >= 0.3 is 6.09 Å². The maximum Gasteiger partial charge on any atom is 0.407 e. The van der Waals surface area contributed by atoms with Crippen LogP contribution in [0.5, 0.6) is 0 Å². The van der Waals surface area contributed by atoms with Gasteiger partial charge in [-0.1, -0.05) is 12.1 Å². The van der Waals surface area contributed by atoms with Gasteiger partial charge in [0.2, 0.25) is 0 Å². The second-order valence-electron chi connectivity index (χ2n) is 3.05. The lowest BCUT2D eigenvalue weighted by atomic mass is 10.1. The van der Waals surface area contributed by atoms with E-state index in [4.69, 9.17) is 4.74 Å². The molecule has 0 radical (unpaired) electrons. The van der Waals surface area contributed by atoms with E-state index >= 15 is 0 Å². The minimum absolute atomic E-state index is 0.126. The zero-order chi connectivity index (χ0) is 9.97. The fourth-order valence-corrected chi connectivity index (χ4v) is 1.80. The van der Waals surface area contributed by atoms with Crippen LogP contribution < -0.4 is 5.32 Å². The number of carbonyl (C=O) groups excluding carboxylic acids is 1. The summed E-state index contributed by atoms with van der Waals surface area (Å²) in [5.74, 6) is 0. The molecule has 1 aliphatic heterocycles. The molecule has 0 spiro atoms. The summed E-state index contributed by atoms with van der Waals surface area (Å²) in [7, 11) is 0. The molecule has 1 amide bonds. The van der Waals surface area contributed by atoms with Crippen molar-refractivity contribution >= 4 is 17.9 Å². The quantitative estimate of drug-likeness (QED) is 0.759. The second kappa shape index (κ2) is 3.92. The fourth-order valence-electron chi connectivity index (χ4n) is 1.39. The molecule has 2 rings (SSSR count). The molecule has 74 valence electrons. The van der Waals surface area contributed by atoms with Crippen LogP contribution in [0.3, 0.4) is 0 Å². The Balaban J connectivity index is 2.13. The van der Waals surface area contributed by atoms with E-state index in [0.717, 1.165) is 5.56 Å². The summed E-state index contributed by atoms with van der Waals surface area (Å²) in [6.07, 6.45) is 1.58. The first kappa shape index (κ1) is 9.40. The smallest absolute Gasteiger partial charge is 0.407 e. The first-order valence-corrected chi connectivity index (χ1v) is 5.60. The number of carbonyl (C=O) groups is 1. The van der Waals surface area contributed by atoms with Crippen molar-refractivity contribution in [3.8, 4) is 0 Å². The second-order valence-corrected chi connectivity index (χ2v) is 3.93. The van der Waals surface area contributed by atoms with E-state index < -0.39 is 0 Å². The largest absolute Gasteiger partial charge is 0.439 e. The minimum Gasteiger partial charge on any atom is -0.439 e. The minimum atomic E-state index is -0.330. The van der Waals surface area contributed by atoms with Gasteiger partial charge in [-0.2, -0.15) is 0 Å². The van der Waals surface area contributed by atoms with Gasteiger partial charge in [0.1, 0.15) is 6.10 Å². The van der Waals surface area contributed by atoms with E-state index in [-0.39, 0.29) is 12.2 Å². The van der Waals surface area contributed by atoms with Crippen LogP contribution in [0.25, 0.3) is 0 Å². The van der Waals surface area contributed by atoms with Gasteiger partial charge in [0.05, 0.1) is 6.54 Å². The topological polar surface area (TPSA) is 38.3 Å². The van der Waals surface area contributed by atoms with Gasteiger partial charge in [-0.05, 0) is 24.0 Å². The van der Waals surface area contributed by atoms with Gasteiger partial charge in [-0.15, -0.1) is 11.8 Å². The van der Waals surface area contributed by atoms with E-state index in [9.17, 15) is 4.79 Å². The van der Waals surface area contributed by atoms with E-state index in [1.54, 1.807) is 11.8 Å². The average molecular weight is 209 g/mol. The third-order valence-electron chi connectivity index (χ3n) is 2.17.